The lowest BCUT2D eigenvalue weighted by Crippen LogP contribution is -2.34. The maximum absolute atomic E-state index is 5.88. The Labute approximate surface area is 83.1 Å². The molecule has 0 aromatic rings. The van der Waals surface area contributed by atoms with Gasteiger partial charge in [0.05, 0.1) is 6.61 Å². The van der Waals surface area contributed by atoms with E-state index in [0.29, 0.717) is 17.4 Å². The van der Waals surface area contributed by atoms with Crippen LogP contribution in [0.25, 0.3) is 0 Å². The van der Waals surface area contributed by atoms with Crippen molar-refractivity contribution >= 4 is 11.8 Å². The summed E-state index contributed by atoms with van der Waals surface area (Å²) in [4.78, 5) is 0. The van der Waals surface area contributed by atoms with Gasteiger partial charge in [0.2, 0.25) is 0 Å². The zero-order valence-corrected chi connectivity index (χ0v) is 8.43. The van der Waals surface area contributed by atoms with Crippen molar-refractivity contribution in [2.24, 2.45) is 11.8 Å². The van der Waals surface area contributed by atoms with Crippen molar-refractivity contribution in [3.8, 4) is 0 Å². The molecule has 0 bridgehead atoms. The lowest BCUT2D eigenvalue weighted by Gasteiger charge is -2.14. The lowest BCUT2D eigenvalue weighted by atomic mass is 10.1. The van der Waals surface area contributed by atoms with Gasteiger partial charge < -0.3 is 10.1 Å². The molecule has 3 aliphatic rings. The van der Waals surface area contributed by atoms with Crippen LogP contribution in [0.4, 0.5) is 0 Å². The number of ether oxygens (including phenoxy) is 1. The molecular formula is C10H15NOS. The zero-order chi connectivity index (χ0) is 8.67. The smallest absolute Gasteiger partial charge is 0.114 e. The van der Waals surface area contributed by atoms with Crippen molar-refractivity contribution in [1.82, 2.24) is 5.32 Å². The molecule has 0 radical (unpaired) electrons. The van der Waals surface area contributed by atoms with Gasteiger partial charge in [0, 0.05) is 18.5 Å². The van der Waals surface area contributed by atoms with Crippen molar-refractivity contribution in [1.29, 1.82) is 0 Å². The Morgan fingerprint density at radius 1 is 1.38 bits per heavy atom. The van der Waals surface area contributed by atoms with Crippen LogP contribution in [0.1, 0.15) is 12.8 Å². The molecule has 3 heteroatoms. The summed E-state index contributed by atoms with van der Waals surface area (Å²) in [6, 6.07) is 0.639. The third-order valence-corrected chi connectivity index (χ3v) is 4.20. The average Bonchev–Trinajstić information content (AvgIpc) is 2.90. The van der Waals surface area contributed by atoms with Crippen LogP contribution < -0.4 is 5.32 Å². The highest BCUT2D eigenvalue weighted by Gasteiger charge is 2.36. The topological polar surface area (TPSA) is 21.3 Å². The van der Waals surface area contributed by atoms with Crippen LogP contribution >= 0.6 is 11.8 Å². The van der Waals surface area contributed by atoms with Gasteiger partial charge in [-0.15, -0.1) is 11.8 Å². The van der Waals surface area contributed by atoms with Crippen molar-refractivity contribution in [2.45, 2.75) is 24.3 Å². The van der Waals surface area contributed by atoms with E-state index in [1.54, 1.807) is 0 Å². The Bertz CT molecular complexity index is 227. The minimum atomic E-state index is 0.399. The Morgan fingerprint density at radius 3 is 3.15 bits per heavy atom. The number of rotatable bonds is 1. The molecule has 0 amide bonds. The van der Waals surface area contributed by atoms with Gasteiger partial charge in [0.25, 0.3) is 0 Å². The number of nitrogens with one attached hydrogen (secondary N) is 1. The van der Waals surface area contributed by atoms with Crippen molar-refractivity contribution in [3.05, 3.63) is 11.5 Å². The molecule has 2 fully saturated rings. The van der Waals surface area contributed by atoms with Crippen molar-refractivity contribution < 1.29 is 4.74 Å². The first-order chi connectivity index (χ1) is 6.43. The second kappa shape index (κ2) is 3.30. The van der Waals surface area contributed by atoms with Gasteiger partial charge in [0.15, 0.2) is 0 Å². The van der Waals surface area contributed by atoms with E-state index in [1.807, 2.05) is 11.8 Å². The summed E-state index contributed by atoms with van der Waals surface area (Å²) in [5.41, 5.74) is 0.399. The van der Waals surface area contributed by atoms with Crippen LogP contribution in [-0.2, 0) is 4.74 Å². The van der Waals surface area contributed by atoms with E-state index in [4.69, 9.17) is 4.74 Å². The molecular weight excluding hydrogens is 182 g/mol. The fraction of sp³-hybridized carbons (Fsp3) is 0.800. The Kier molecular flexibility index (Phi) is 2.11. The van der Waals surface area contributed by atoms with Crippen molar-refractivity contribution in [3.63, 3.8) is 0 Å². The molecule has 3 unspecified atom stereocenters. The summed E-state index contributed by atoms with van der Waals surface area (Å²) in [6.07, 6.45) is 5.08. The fourth-order valence-electron chi connectivity index (χ4n) is 2.09. The van der Waals surface area contributed by atoms with E-state index in [2.05, 4.69) is 16.8 Å². The Morgan fingerprint density at radius 2 is 2.31 bits per heavy atom. The molecule has 0 aromatic heterocycles. The summed E-state index contributed by atoms with van der Waals surface area (Å²) in [5.74, 6) is 1.52. The SMILES string of the molecule is C1=CC2CNC(C3CC3)COC2S1. The van der Waals surface area contributed by atoms with E-state index in [1.165, 1.54) is 12.8 Å². The van der Waals surface area contributed by atoms with Crippen LogP contribution in [0.2, 0.25) is 0 Å². The highest BCUT2D eigenvalue weighted by Crippen LogP contribution is 2.37. The van der Waals surface area contributed by atoms with Gasteiger partial charge in [-0.1, -0.05) is 6.08 Å². The third kappa shape index (κ3) is 1.65. The first-order valence-electron chi connectivity index (χ1n) is 5.10. The molecule has 72 valence electrons. The first-order valence-corrected chi connectivity index (χ1v) is 6.05. The molecule has 3 atom stereocenters. The van der Waals surface area contributed by atoms with E-state index in [0.717, 1.165) is 19.1 Å². The average molecular weight is 197 g/mol. The maximum Gasteiger partial charge on any atom is 0.114 e. The quantitative estimate of drug-likeness (QED) is 0.689. The molecule has 0 spiro atoms. The third-order valence-electron chi connectivity index (χ3n) is 3.13. The fourth-order valence-corrected chi connectivity index (χ4v) is 3.08. The monoisotopic (exact) mass is 197 g/mol. The molecule has 2 heterocycles. The highest BCUT2D eigenvalue weighted by atomic mass is 32.2. The molecule has 1 N–H and O–H groups in total. The number of fused-ring (bicyclic) bond motifs is 1. The zero-order valence-electron chi connectivity index (χ0n) is 7.61. The second-order valence-corrected chi connectivity index (χ2v) is 5.19. The maximum atomic E-state index is 5.88. The minimum Gasteiger partial charge on any atom is -0.365 e. The van der Waals surface area contributed by atoms with Gasteiger partial charge in [-0.3, -0.25) is 0 Å². The van der Waals surface area contributed by atoms with E-state index in [-0.39, 0.29) is 0 Å². The minimum absolute atomic E-state index is 0.399. The molecule has 2 aliphatic heterocycles. The molecule has 3 rings (SSSR count). The van der Waals surface area contributed by atoms with Crippen LogP contribution in [0.5, 0.6) is 0 Å². The summed E-state index contributed by atoms with van der Waals surface area (Å²) in [5, 5.41) is 5.80. The molecule has 13 heavy (non-hydrogen) atoms. The van der Waals surface area contributed by atoms with Gasteiger partial charge in [0.1, 0.15) is 5.44 Å². The lowest BCUT2D eigenvalue weighted by molar-refractivity contribution is 0.0920. The molecule has 0 aromatic carbocycles. The van der Waals surface area contributed by atoms with Crippen molar-refractivity contribution in [2.75, 3.05) is 13.2 Å². The molecule has 2 nitrogen and oxygen atoms in total. The summed E-state index contributed by atoms with van der Waals surface area (Å²) < 4.78 is 5.88. The second-order valence-electron chi connectivity index (χ2n) is 4.18. The van der Waals surface area contributed by atoms with Gasteiger partial charge in [-0.2, -0.15) is 0 Å². The van der Waals surface area contributed by atoms with Crippen LogP contribution in [-0.4, -0.2) is 24.6 Å². The number of thioether (sulfide) groups is 1. The van der Waals surface area contributed by atoms with E-state index in [9.17, 15) is 0 Å². The van der Waals surface area contributed by atoms with Crippen LogP contribution in [0.15, 0.2) is 11.5 Å². The highest BCUT2D eigenvalue weighted by molar-refractivity contribution is 8.02. The molecule has 1 aliphatic carbocycles. The predicted octanol–water partition coefficient (Wildman–Crippen LogP) is 1.59. The predicted molar refractivity (Wildman–Crippen MR) is 54.5 cm³/mol. The molecule has 1 saturated heterocycles. The first kappa shape index (κ1) is 8.33. The van der Waals surface area contributed by atoms with Crippen LogP contribution in [0.3, 0.4) is 0 Å². The number of hydrogen-bond donors (Lipinski definition) is 1. The normalized spacial score (nSPS) is 44.5. The van der Waals surface area contributed by atoms with Crippen LogP contribution in [0, 0.1) is 11.8 Å². The van der Waals surface area contributed by atoms with Gasteiger partial charge in [-0.25, -0.2) is 0 Å². The summed E-state index contributed by atoms with van der Waals surface area (Å²) in [7, 11) is 0. The number of hydrogen-bond acceptors (Lipinski definition) is 3. The standard InChI is InChI=1S/C10H15NOS/c1-2-7(1)9-6-12-10-8(5-11-9)3-4-13-10/h3-4,7-11H,1-2,5-6H2. The van der Waals surface area contributed by atoms with Gasteiger partial charge in [-0.05, 0) is 24.2 Å². The Balaban J connectivity index is 1.64. The summed E-state index contributed by atoms with van der Waals surface area (Å²) in [6.45, 7) is 2.02. The Hall–Kier alpha value is 0.0100. The van der Waals surface area contributed by atoms with E-state index < -0.39 is 0 Å². The molecule has 1 saturated carbocycles. The largest absolute Gasteiger partial charge is 0.365 e. The van der Waals surface area contributed by atoms with E-state index >= 15 is 0 Å². The summed E-state index contributed by atoms with van der Waals surface area (Å²) >= 11 is 1.83. The van der Waals surface area contributed by atoms with Gasteiger partial charge >= 0.3 is 0 Å².